The highest BCUT2D eigenvalue weighted by molar-refractivity contribution is 5.78. The van der Waals surface area contributed by atoms with E-state index in [2.05, 4.69) is 38.2 Å². The molecule has 0 aliphatic carbocycles. The number of piperidine rings is 2. The first-order valence-corrected chi connectivity index (χ1v) is 11.4. The largest absolute Gasteiger partial charge is 0.352 e. The Morgan fingerprint density at radius 3 is 2.77 bits per heavy atom. The van der Waals surface area contributed by atoms with Crippen molar-refractivity contribution in [1.82, 2.24) is 29.9 Å². The maximum absolute atomic E-state index is 12.8. The van der Waals surface area contributed by atoms with Crippen molar-refractivity contribution < 1.29 is 4.79 Å². The summed E-state index contributed by atoms with van der Waals surface area (Å²) in [6.07, 6.45) is 12.1. The lowest BCUT2D eigenvalue weighted by atomic mass is 9.93. The molecule has 1 amide bonds. The molecular weight excluding hydrogens is 376 g/mol. The highest BCUT2D eigenvalue weighted by Gasteiger charge is 2.31. The molecule has 0 spiro atoms. The maximum atomic E-state index is 12.8. The van der Waals surface area contributed by atoms with Crippen molar-refractivity contribution in [2.24, 2.45) is 5.92 Å². The van der Waals surface area contributed by atoms with Crippen molar-refractivity contribution in [1.29, 1.82) is 0 Å². The van der Waals surface area contributed by atoms with Crippen molar-refractivity contribution in [3.63, 3.8) is 0 Å². The second-order valence-corrected chi connectivity index (χ2v) is 8.62. The fourth-order valence-corrected chi connectivity index (χ4v) is 4.75. The van der Waals surface area contributed by atoms with Crippen LogP contribution in [0.2, 0.25) is 0 Å². The Balaban J connectivity index is 1.22. The van der Waals surface area contributed by atoms with E-state index >= 15 is 0 Å². The molecule has 7 heteroatoms. The molecule has 0 saturated carbocycles. The number of aryl methyl sites for hydroxylation is 1. The van der Waals surface area contributed by atoms with Gasteiger partial charge in [-0.3, -0.25) is 24.3 Å². The van der Waals surface area contributed by atoms with E-state index in [1.807, 2.05) is 35.5 Å². The van der Waals surface area contributed by atoms with Gasteiger partial charge in [0.1, 0.15) is 0 Å². The van der Waals surface area contributed by atoms with E-state index in [0.29, 0.717) is 12.6 Å². The number of carbonyl (C=O) groups is 1. The standard InChI is InChI=1S/C23H34N6O/c1-2-29-17-20(15-26-29)14-25-23(30)21-6-4-10-28(18-21)22-7-11-27(12-8-22)16-19-5-3-9-24-13-19/h3,5,9,13,15,17,21-22H,2,4,6-8,10-12,14,16,18H2,1H3,(H,25,30)/t21-/m0/s1. The fraction of sp³-hybridized carbons (Fsp3) is 0.609. The zero-order chi connectivity index (χ0) is 20.8. The number of pyridine rings is 1. The number of carbonyl (C=O) groups excluding carboxylic acids is 1. The number of nitrogens with one attached hydrogen (secondary N) is 1. The number of amides is 1. The van der Waals surface area contributed by atoms with Crippen molar-refractivity contribution in [3.05, 3.63) is 48.0 Å². The Hall–Kier alpha value is -2.25. The van der Waals surface area contributed by atoms with E-state index in [0.717, 1.165) is 57.7 Å². The number of likely N-dealkylation sites (tertiary alicyclic amines) is 2. The predicted octanol–water partition coefficient (Wildman–Crippen LogP) is 2.29. The number of hydrogen-bond acceptors (Lipinski definition) is 5. The molecule has 2 fully saturated rings. The second-order valence-electron chi connectivity index (χ2n) is 8.62. The second kappa shape index (κ2) is 10.2. The fourth-order valence-electron chi connectivity index (χ4n) is 4.75. The van der Waals surface area contributed by atoms with E-state index in [-0.39, 0.29) is 11.8 Å². The minimum atomic E-state index is 0.105. The van der Waals surface area contributed by atoms with Gasteiger partial charge in [0.15, 0.2) is 0 Å². The molecule has 7 nitrogen and oxygen atoms in total. The molecule has 2 aliphatic heterocycles. The van der Waals surface area contributed by atoms with Crippen LogP contribution in [0.4, 0.5) is 0 Å². The molecule has 0 unspecified atom stereocenters. The highest BCUT2D eigenvalue weighted by atomic mass is 16.1. The number of aromatic nitrogens is 3. The molecule has 2 aromatic rings. The monoisotopic (exact) mass is 410 g/mol. The smallest absolute Gasteiger partial charge is 0.224 e. The molecule has 1 N–H and O–H groups in total. The first kappa shape index (κ1) is 21.0. The zero-order valence-electron chi connectivity index (χ0n) is 18.0. The van der Waals surface area contributed by atoms with Crippen LogP contribution in [0.25, 0.3) is 0 Å². The van der Waals surface area contributed by atoms with Crippen LogP contribution in [-0.4, -0.2) is 62.7 Å². The van der Waals surface area contributed by atoms with Gasteiger partial charge in [-0.2, -0.15) is 5.10 Å². The van der Waals surface area contributed by atoms with Gasteiger partial charge in [0.25, 0.3) is 0 Å². The van der Waals surface area contributed by atoms with Gasteiger partial charge in [-0.15, -0.1) is 0 Å². The third-order valence-corrected chi connectivity index (χ3v) is 6.50. The van der Waals surface area contributed by atoms with E-state index in [1.54, 1.807) is 0 Å². The Morgan fingerprint density at radius 1 is 1.17 bits per heavy atom. The van der Waals surface area contributed by atoms with Gasteiger partial charge in [-0.1, -0.05) is 6.07 Å². The van der Waals surface area contributed by atoms with Crippen LogP contribution >= 0.6 is 0 Å². The molecule has 0 radical (unpaired) electrons. The molecule has 162 valence electrons. The molecule has 0 aromatic carbocycles. The lowest BCUT2D eigenvalue weighted by molar-refractivity contribution is -0.127. The Kier molecular flexibility index (Phi) is 7.12. The van der Waals surface area contributed by atoms with E-state index < -0.39 is 0 Å². The van der Waals surface area contributed by atoms with Gasteiger partial charge in [0.2, 0.25) is 5.91 Å². The molecule has 2 aliphatic rings. The van der Waals surface area contributed by atoms with E-state index in [4.69, 9.17) is 0 Å². The van der Waals surface area contributed by atoms with E-state index in [1.165, 1.54) is 18.4 Å². The first-order valence-electron chi connectivity index (χ1n) is 11.4. The number of hydrogen-bond donors (Lipinski definition) is 1. The zero-order valence-corrected chi connectivity index (χ0v) is 18.0. The number of nitrogens with zero attached hydrogens (tertiary/aromatic N) is 5. The lowest BCUT2D eigenvalue weighted by Crippen LogP contribution is -2.50. The summed E-state index contributed by atoms with van der Waals surface area (Å²) >= 11 is 0. The number of rotatable bonds is 7. The third kappa shape index (κ3) is 5.46. The van der Waals surface area contributed by atoms with Gasteiger partial charge in [0, 0.05) is 56.4 Å². The quantitative estimate of drug-likeness (QED) is 0.759. The lowest BCUT2D eigenvalue weighted by Gasteiger charge is -2.42. The average Bonchev–Trinajstić information content (AvgIpc) is 3.27. The summed E-state index contributed by atoms with van der Waals surface area (Å²) in [5.41, 5.74) is 2.36. The molecule has 4 heterocycles. The van der Waals surface area contributed by atoms with Crippen molar-refractivity contribution in [2.75, 3.05) is 26.2 Å². The minimum Gasteiger partial charge on any atom is -0.352 e. The van der Waals surface area contributed by atoms with Gasteiger partial charge in [-0.25, -0.2) is 0 Å². The van der Waals surface area contributed by atoms with Gasteiger partial charge in [-0.05, 0) is 63.9 Å². The maximum Gasteiger partial charge on any atom is 0.224 e. The normalized spacial score (nSPS) is 21.6. The van der Waals surface area contributed by atoms with Crippen LogP contribution < -0.4 is 5.32 Å². The third-order valence-electron chi connectivity index (χ3n) is 6.50. The van der Waals surface area contributed by atoms with E-state index in [9.17, 15) is 4.79 Å². The van der Waals surface area contributed by atoms with Gasteiger partial charge < -0.3 is 5.32 Å². The van der Waals surface area contributed by atoms with Crippen molar-refractivity contribution >= 4 is 5.91 Å². The van der Waals surface area contributed by atoms with Crippen molar-refractivity contribution in [2.45, 2.75) is 58.3 Å². The van der Waals surface area contributed by atoms with Crippen LogP contribution in [0.15, 0.2) is 36.9 Å². The van der Waals surface area contributed by atoms with Crippen LogP contribution in [-0.2, 0) is 24.4 Å². The van der Waals surface area contributed by atoms with Gasteiger partial charge in [0.05, 0.1) is 12.1 Å². The Bertz CT molecular complexity index is 799. The Morgan fingerprint density at radius 2 is 2.03 bits per heavy atom. The molecule has 2 saturated heterocycles. The Labute approximate surface area is 179 Å². The minimum absolute atomic E-state index is 0.105. The molecule has 30 heavy (non-hydrogen) atoms. The molecule has 4 rings (SSSR count). The summed E-state index contributed by atoms with van der Waals surface area (Å²) in [5, 5.41) is 7.41. The van der Waals surface area contributed by atoms with Crippen LogP contribution in [0.5, 0.6) is 0 Å². The molecule has 2 aromatic heterocycles. The molecule has 0 bridgehead atoms. The molecule has 1 atom stereocenters. The SMILES string of the molecule is CCn1cc(CNC(=O)[C@H]2CCCN(C3CCN(Cc4cccnc4)CC3)C2)cn1. The first-order chi connectivity index (χ1) is 14.7. The van der Waals surface area contributed by atoms with Crippen LogP contribution in [0.3, 0.4) is 0 Å². The topological polar surface area (TPSA) is 66.3 Å². The van der Waals surface area contributed by atoms with Crippen LogP contribution in [0, 0.1) is 5.92 Å². The van der Waals surface area contributed by atoms with Gasteiger partial charge >= 0.3 is 0 Å². The summed E-state index contributed by atoms with van der Waals surface area (Å²) in [6, 6.07) is 4.77. The predicted molar refractivity (Wildman–Crippen MR) is 117 cm³/mol. The summed E-state index contributed by atoms with van der Waals surface area (Å²) in [4.78, 5) is 22.1. The van der Waals surface area contributed by atoms with Crippen molar-refractivity contribution in [3.8, 4) is 0 Å². The average molecular weight is 411 g/mol. The molecular formula is C23H34N6O. The summed E-state index contributed by atoms with van der Waals surface area (Å²) in [6.45, 7) is 8.74. The van der Waals surface area contributed by atoms with Crippen LogP contribution in [0.1, 0.15) is 43.7 Å². The summed E-state index contributed by atoms with van der Waals surface area (Å²) in [5.74, 6) is 0.298. The summed E-state index contributed by atoms with van der Waals surface area (Å²) < 4.78 is 1.89. The summed E-state index contributed by atoms with van der Waals surface area (Å²) in [7, 11) is 0. The highest BCUT2D eigenvalue weighted by Crippen LogP contribution is 2.24.